The number of hydrogen-bond donors (Lipinski definition) is 0. The minimum absolute atomic E-state index is 0. The van der Waals surface area contributed by atoms with Crippen LogP contribution in [0.4, 0.5) is 0 Å². The SMILES string of the molecule is [CH2-]C.[CH2-]CN(C)C[CH2-].[La+3]. The summed E-state index contributed by atoms with van der Waals surface area (Å²) in [6, 6.07) is 0. The molecule has 52 valence electrons. The van der Waals surface area contributed by atoms with Gasteiger partial charge in [0.2, 0.25) is 0 Å². The fourth-order valence-corrected chi connectivity index (χ4v) is 0.112. The maximum absolute atomic E-state index is 3.64. The Morgan fingerprint density at radius 1 is 1.11 bits per heavy atom. The van der Waals surface area contributed by atoms with Gasteiger partial charge in [-0.2, -0.15) is 6.92 Å². The van der Waals surface area contributed by atoms with Gasteiger partial charge in [0.05, 0.1) is 0 Å². The van der Waals surface area contributed by atoms with E-state index in [1.165, 1.54) is 0 Å². The molecule has 0 atom stereocenters. The van der Waals surface area contributed by atoms with Crippen molar-refractivity contribution in [1.29, 1.82) is 0 Å². The van der Waals surface area contributed by atoms with Gasteiger partial charge in [-0.3, -0.25) is 0 Å². The fourth-order valence-electron chi connectivity index (χ4n) is 0.112. The van der Waals surface area contributed by atoms with E-state index < -0.39 is 0 Å². The fraction of sp³-hybridized carbons (Fsp3) is 0.571. The quantitative estimate of drug-likeness (QED) is 0.673. The first-order valence-electron chi connectivity index (χ1n) is 2.79. The van der Waals surface area contributed by atoms with Crippen LogP contribution in [-0.2, 0) is 0 Å². The van der Waals surface area contributed by atoms with Crippen LogP contribution >= 0.6 is 0 Å². The first-order valence-corrected chi connectivity index (χ1v) is 2.79. The van der Waals surface area contributed by atoms with Crippen LogP contribution in [0, 0.1) is 56.4 Å². The van der Waals surface area contributed by atoms with Gasteiger partial charge in [0.15, 0.2) is 0 Å². The molecule has 0 unspecified atom stereocenters. The van der Waals surface area contributed by atoms with E-state index in [0.717, 1.165) is 13.1 Å². The van der Waals surface area contributed by atoms with Gasteiger partial charge < -0.3 is 25.7 Å². The summed E-state index contributed by atoms with van der Waals surface area (Å²) in [5, 5.41) is 0. The second kappa shape index (κ2) is 16.1. The Labute approximate surface area is 87.8 Å². The van der Waals surface area contributed by atoms with E-state index >= 15 is 0 Å². The van der Waals surface area contributed by atoms with E-state index in [2.05, 4.69) is 20.8 Å². The third-order valence-corrected chi connectivity index (χ3v) is 0.763. The monoisotopic (exact) mass is 253 g/mol. The molecule has 0 fully saturated rings. The van der Waals surface area contributed by atoms with Crippen LogP contribution in [0.5, 0.6) is 0 Å². The van der Waals surface area contributed by atoms with Crippen molar-refractivity contribution in [1.82, 2.24) is 4.90 Å². The number of rotatable bonds is 2. The van der Waals surface area contributed by atoms with Crippen molar-refractivity contribution in [2.45, 2.75) is 6.92 Å². The summed E-state index contributed by atoms with van der Waals surface area (Å²) < 4.78 is 0. The molecule has 9 heavy (non-hydrogen) atoms. The Hall–Kier alpha value is 1.15. The smallest absolute Gasteiger partial charge is 0.365 e. The zero-order chi connectivity index (χ0) is 6.99. The molecule has 0 aliphatic heterocycles. The zero-order valence-corrected chi connectivity index (χ0v) is 10.2. The molecule has 0 spiro atoms. The van der Waals surface area contributed by atoms with Gasteiger partial charge in [0, 0.05) is 0 Å². The van der Waals surface area contributed by atoms with Gasteiger partial charge >= 0.3 is 35.6 Å². The summed E-state index contributed by atoms with van der Waals surface area (Å²) in [6.45, 7) is 14.0. The molecule has 0 bridgehead atoms. The molecule has 0 saturated heterocycles. The molecule has 0 aromatic carbocycles. The van der Waals surface area contributed by atoms with Crippen molar-refractivity contribution in [3.63, 3.8) is 0 Å². The molecule has 0 amide bonds. The normalized spacial score (nSPS) is 7.33. The van der Waals surface area contributed by atoms with E-state index in [0.29, 0.717) is 0 Å². The molecule has 0 N–H and O–H groups in total. The summed E-state index contributed by atoms with van der Waals surface area (Å²) >= 11 is 0. The van der Waals surface area contributed by atoms with Gasteiger partial charge in [-0.25, -0.2) is 0 Å². The molecule has 2 heteroatoms. The van der Waals surface area contributed by atoms with Crippen LogP contribution in [0.1, 0.15) is 6.92 Å². The summed E-state index contributed by atoms with van der Waals surface area (Å²) in [4.78, 5) is 2.03. The maximum atomic E-state index is 3.64. The van der Waals surface area contributed by atoms with Crippen LogP contribution in [0.15, 0.2) is 0 Å². The van der Waals surface area contributed by atoms with Crippen LogP contribution < -0.4 is 0 Å². The van der Waals surface area contributed by atoms with Crippen molar-refractivity contribution in [2.75, 3.05) is 20.1 Å². The Morgan fingerprint density at radius 2 is 1.33 bits per heavy atom. The van der Waals surface area contributed by atoms with E-state index in [1.807, 2.05) is 11.9 Å². The molecule has 0 aromatic rings. The Balaban J connectivity index is -0.000000109. The van der Waals surface area contributed by atoms with Gasteiger partial charge in [0.1, 0.15) is 0 Å². The average molecular weight is 253 g/mol. The van der Waals surface area contributed by atoms with Gasteiger partial charge in [-0.1, -0.05) is 0 Å². The summed E-state index contributed by atoms with van der Waals surface area (Å²) in [7, 11) is 1.99. The largest absolute Gasteiger partial charge is 3.00 e. The van der Waals surface area contributed by atoms with Crippen LogP contribution in [0.3, 0.4) is 0 Å². The molecule has 1 nitrogen and oxygen atoms in total. The van der Waals surface area contributed by atoms with Crippen molar-refractivity contribution in [3.8, 4) is 0 Å². The van der Waals surface area contributed by atoms with Gasteiger partial charge in [-0.05, 0) is 7.05 Å². The van der Waals surface area contributed by atoms with E-state index in [9.17, 15) is 0 Å². The molecular formula is C7H16LaN. The number of nitrogens with zero attached hydrogens (tertiary/aromatic N) is 1. The third-order valence-electron chi connectivity index (χ3n) is 0.763. The standard InChI is InChI=1S/C5H11N.C2H5.La/c1-4-6(3)5-2;1-2;/h1-2,4-5H2,3H3;1H2,2H3;/q-2;-1;+3. The minimum Gasteiger partial charge on any atom is -0.365 e. The predicted octanol–water partition coefficient (Wildman–Crippen LogP) is 1.43. The molecule has 0 aliphatic carbocycles. The second-order valence-corrected chi connectivity index (χ2v) is 1.30. The van der Waals surface area contributed by atoms with E-state index in [-0.39, 0.29) is 35.6 Å². The summed E-state index contributed by atoms with van der Waals surface area (Å²) in [5.74, 6) is 0. The van der Waals surface area contributed by atoms with Crippen LogP contribution in [0.2, 0.25) is 0 Å². The summed E-state index contributed by atoms with van der Waals surface area (Å²) in [5.41, 5.74) is 0. The summed E-state index contributed by atoms with van der Waals surface area (Å²) in [6.07, 6.45) is 0. The first-order chi connectivity index (χ1) is 3.81. The van der Waals surface area contributed by atoms with Gasteiger partial charge in [-0.15, -0.1) is 13.1 Å². The molecule has 0 aromatic heterocycles. The molecule has 0 aliphatic rings. The second-order valence-electron chi connectivity index (χ2n) is 1.30. The average Bonchev–Trinajstić information content (AvgIpc) is 1.91. The van der Waals surface area contributed by atoms with Crippen molar-refractivity contribution >= 4 is 0 Å². The Bertz CT molecular complexity index is 28.1. The maximum Gasteiger partial charge on any atom is 3.00 e. The van der Waals surface area contributed by atoms with E-state index in [1.54, 1.807) is 6.92 Å². The topological polar surface area (TPSA) is 3.24 Å². The minimum atomic E-state index is 0. The van der Waals surface area contributed by atoms with Crippen molar-refractivity contribution < 1.29 is 35.6 Å². The Morgan fingerprint density at radius 3 is 1.33 bits per heavy atom. The first kappa shape index (κ1) is 16.6. The number of hydrogen-bond acceptors (Lipinski definition) is 1. The van der Waals surface area contributed by atoms with E-state index in [4.69, 9.17) is 0 Å². The van der Waals surface area contributed by atoms with Crippen LogP contribution in [-0.4, -0.2) is 25.0 Å². The van der Waals surface area contributed by atoms with Crippen LogP contribution in [0.25, 0.3) is 0 Å². The molecule has 0 radical (unpaired) electrons. The molecule has 0 rings (SSSR count). The Kier molecular flexibility index (Phi) is 29.7. The van der Waals surface area contributed by atoms with Crippen molar-refractivity contribution in [2.24, 2.45) is 0 Å². The van der Waals surface area contributed by atoms with Gasteiger partial charge in [0.25, 0.3) is 0 Å². The predicted molar refractivity (Wildman–Crippen MR) is 39.2 cm³/mol. The third kappa shape index (κ3) is 17.6. The molecule has 0 heterocycles. The molecule has 0 saturated carbocycles. The zero-order valence-electron chi connectivity index (χ0n) is 6.56. The van der Waals surface area contributed by atoms with Crippen molar-refractivity contribution in [3.05, 3.63) is 20.8 Å². The molecular weight excluding hydrogens is 237 g/mol.